The summed E-state index contributed by atoms with van der Waals surface area (Å²) in [6.07, 6.45) is 8.25. The van der Waals surface area contributed by atoms with Gasteiger partial charge < -0.3 is 15.5 Å². The van der Waals surface area contributed by atoms with Crippen LogP contribution in [0.3, 0.4) is 0 Å². The van der Waals surface area contributed by atoms with E-state index >= 15 is 0 Å². The molecule has 1 aliphatic heterocycles. The molecule has 2 fully saturated rings. The highest BCUT2D eigenvalue weighted by molar-refractivity contribution is 5.82. The lowest BCUT2D eigenvalue weighted by atomic mass is 9.94. The molecule has 0 bridgehead atoms. The monoisotopic (exact) mass is 426 g/mol. The van der Waals surface area contributed by atoms with Crippen LogP contribution in [0.15, 0.2) is 43.0 Å². The van der Waals surface area contributed by atoms with Crippen LogP contribution in [-0.2, 0) is 11.2 Å². The molecule has 1 heterocycles. The number of carbonyl (C=O) groups excluding carboxylic acids is 2. The first-order valence-corrected chi connectivity index (χ1v) is 11.8. The van der Waals surface area contributed by atoms with Crippen molar-refractivity contribution >= 4 is 11.9 Å². The SMILES string of the molecule is C=CCNC(=O)N1CCN(C(C(=O)NC(C)CCc2ccccc2)C2CCCC2)CC1. The summed E-state index contributed by atoms with van der Waals surface area (Å²) >= 11 is 0. The molecule has 0 radical (unpaired) electrons. The van der Waals surface area contributed by atoms with E-state index in [0.29, 0.717) is 25.6 Å². The van der Waals surface area contributed by atoms with Crippen molar-refractivity contribution in [1.29, 1.82) is 0 Å². The topological polar surface area (TPSA) is 64.7 Å². The average molecular weight is 427 g/mol. The minimum atomic E-state index is -0.0833. The molecular weight excluding hydrogens is 388 g/mol. The number of nitrogens with one attached hydrogen (secondary N) is 2. The third kappa shape index (κ3) is 6.82. The van der Waals surface area contributed by atoms with Crippen LogP contribution < -0.4 is 10.6 Å². The van der Waals surface area contributed by atoms with Gasteiger partial charge in [0.1, 0.15) is 0 Å². The number of amides is 3. The number of benzene rings is 1. The molecule has 6 heteroatoms. The van der Waals surface area contributed by atoms with Crippen LogP contribution in [0.25, 0.3) is 0 Å². The van der Waals surface area contributed by atoms with E-state index < -0.39 is 0 Å². The predicted molar refractivity (Wildman–Crippen MR) is 125 cm³/mol. The van der Waals surface area contributed by atoms with E-state index in [2.05, 4.69) is 53.3 Å². The smallest absolute Gasteiger partial charge is 0.317 e. The Hall–Kier alpha value is -2.34. The lowest BCUT2D eigenvalue weighted by molar-refractivity contribution is -0.129. The van der Waals surface area contributed by atoms with Crippen molar-refractivity contribution in [3.05, 3.63) is 48.6 Å². The number of nitrogens with zero attached hydrogens (tertiary/aromatic N) is 2. The molecule has 2 atom stereocenters. The Morgan fingerprint density at radius 2 is 1.81 bits per heavy atom. The highest BCUT2D eigenvalue weighted by Crippen LogP contribution is 2.31. The zero-order valence-electron chi connectivity index (χ0n) is 18.9. The molecule has 2 unspecified atom stereocenters. The molecule has 0 spiro atoms. The maximum atomic E-state index is 13.4. The number of carbonyl (C=O) groups is 2. The summed E-state index contributed by atoms with van der Waals surface area (Å²) in [6.45, 7) is 9.03. The van der Waals surface area contributed by atoms with Crippen LogP contribution in [0, 0.1) is 5.92 Å². The number of piperazine rings is 1. The van der Waals surface area contributed by atoms with Crippen molar-refractivity contribution in [1.82, 2.24) is 20.4 Å². The van der Waals surface area contributed by atoms with Gasteiger partial charge in [0, 0.05) is 38.8 Å². The Morgan fingerprint density at radius 1 is 1.13 bits per heavy atom. The maximum absolute atomic E-state index is 13.4. The average Bonchev–Trinajstić information content (AvgIpc) is 3.31. The van der Waals surface area contributed by atoms with Gasteiger partial charge in [0.15, 0.2) is 0 Å². The number of hydrogen-bond donors (Lipinski definition) is 2. The normalized spacial score (nSPS) is 19.6. The molecule has 1 aromatic rings. The second kappa shape index (κ2) is 11.9. The Labute approximate surface area is 187 Å². The van der Waals surface area contributed by atoms with Crippen LogP contribution >= 0.6 is 0 Å². The summed E-state index contributed by atoms with van der Waals surface area (Å²) in [7, 11) is 0. The van der Waals surface area contributed by atoms with Crippen LogP contribution in [0.1, 0.15) is 44.6 Å². The van der Waals surface area contributed by atoms with Gasteiger partial charge in [0.05, 0.1) is 6.04 Å². The van der Waals surface area contributed by atoms with E-state index in [1.165, 1.54) is 18.4 Å². The fourth-order valence-electron chi connectivity index (χ4n) is 4.85. The second-order valence-corrected chi connectivity index (χ2v) is 8.92. The third-order valence-corrected chi connectivity index (χ3v) is 6.60. The van der Waals surface area contributed by atoms with Crippen LogP contribution in [0.4, 0.5) is 4.79 Å². The Balaban J connectivity index is 1.54. The Kier molecular flexibility index (Phi) is 8.95. The molecule has 2 aliphatic rings. The first-order valence-electron chi connectivity index (χ1n) is 11.8. The summed E-state index contributed by atoms with van der Waals surface area (Å²) < 4.78 is 0. The minimum Gasteiger partial charge on any atom is -0.352 e. The van der Waals surface area contributed by atoms with Crippen LogP contribution in [0.2, 0.25) is 0 Å². The van der Waals surface area contributed by atoms with Gasteiger partial charge in [0.25, 0.3) is 0 Å². The first kappa shape index (κ1) is 23.3. The van der Waals surface area contributed by atoms with Crippen molar-refractivity contribution in [2.24, 2.45) is 5.92 Å². The van der Waals surface area contributed by atoms with Gasteiger partial charge >= 0.3 is 6.03 Å². The maximum Gasteiger partial charge on any atom is 0.317 e. The fourth-order valence-corrected chi connectivity index (χ4v) is 4.85. The summed E-state index contributed by atoms with van der Waals surface area (Å²) in [5.74, 6) is 0.583. The molecule has 1 saturated heterocycles. The van der Waals surface area contributed by atoms with Gasteiger partial charge in [0.2, 0.25) is 5.91 Å². The Morgan fingerprint density at radius 3 is 2.45 bits per heavy atom. The zero-order valence-corrected chi connectivity index (χ0v) is 18.9. The van der Waals surface area contributed by atoms with E-state index in [1.807, 2.05) is 11.0 Å². The number of hydrogen-bond acceptors (Lipinski definition) is 3. The standard InChI is InChI=1S/C25H38N4O2/c1-3-15-26-25(31)29-18-16-28(17-19-29)23(22-11-7-8-12-22)24(30)27-20(2)13-14-21-9-5-4-6-10-21/h3-6,9-10,20,22-23H,1,7-8,11-19H2,2H3,(H,26,31)(H,27,30). The quantitative estimate of drug-likeness (QED) is 0.596. The highest BCUT2D eigenvalue weighted by atomic mass is 16.2. The Bertz CT molecular complexity index is 709. The van der Waals surface area contributed by atoms with Crippen molar-refractivity contribution < 1.29 is 9.59 Å². The molecule has 2 N–H and O–H groups in total. The second-order valence-electron chi connectivity index (χ2n) is 8.92. The first-order chi connectivity index (χ1) is 15.1. The van der Waals surface area contributed by atoms with Crippen molar-refractivity contribution in [3.63, 3.8) is 0 Å². The van der Waals surface area contributed by atoms with Gasteiger partial charge in [-0.3, -0.25) is 9.69 Å². The summed E-state index contributed by atoms with van der Waals surface area (Å²) in [5, 5.41) is 6.15. The summed E-state index contributed by atoms with van der Waals surface area (Å²) in [5.41, 5.74) is 1.31. The largest absolute Gasteiger partial charge is 0.352 e. The minimum absolute atomic E-state index is 0.0454. The summed E-state index contributed by atoms with van der Waals surface area (Å²) in [6, 6.07) is 10.4. The molecule has 1 aliphatic carbocycles. The van der Waals surface area contributed by atoms with Crippen molar-refractivity contribution in [2.75, 3.05) is 32.7 Å². The van der Waals surface area contributed by atoms with Gasteiger partial charge in [-0.15, -0.1) is 6.58 Å². The highest BCUT2D eigenvalue weighted by Gasteiger charge is 2.37. The van der Waals surface area contributed by atoms with E-state index in [4.69, 9.17) is 0 Å². The third-order valence-electron chi connectivity index (χ3n) is 6.60. The molecule has 1 aromatic carbocycles. The number of urea groups is 1. The van der Waals surface area contributed by atoms with E-state index in [-0.39, 0.29) is 24.0 Å². The molecule has 31 heavy (non-hydrogen) atoms. The van der Waals surface area contributed by atoms with Crippen molar-refractivity contribution in [2.45, 2.75) is 57.5 Å². The fraction of sp³-hybridized carbons (Fsp3) is 0.600. The van der Waals surface area contributed by atoms with Gasteiger partial charge in [-0.25, -0.2) is 4.79 Å². The van der Waals surface area contributed by atoms with Gasteiger partial charge in [-0.05, 0) is 44.1 Å². The lowest BCUT2D eigenvalue weighted by Crippen LogP contribution is -2.59. The molecule has 6 nitrogen and oxygen atoms in total. The number of rotatable bonds is 9. The predicted octanol–water partition coefficient (Wildman–Crippen LogP) is 3.20. The summed E-state index contributed by atoms with van der Waals surface area (Å²) in [4.78, 5) is 29.7. The lowest BCUT2D eigenvalue weighted by Gasteiger charge is -2.41. The molecule has 170 valence electrons. The molecule has 1 saturated carbocycles. The number of aryl methyl sites for hydroxylation is 1. The van der Waals surface area contributed by atoms with Gasteiger partial charge in [-0.1, -0.05) is 49.2 Å². The molecule has 3 rings (SSSR count). The van der Waals surface area contributed by atoms with Crippen LogP contribution in [-0.4, -0.2) is 66.5 Å². The van der Waals surface area contributed by atoms with Gasteiger partial charge in [-0.2, -0.15) is 0 Å². The van der Waals surface area contributed by atoms with Crippen LogP contribution in [0.5, 0.6) is 0 Å². The van der Waals surface area contributed by atoms with E-state index in [9.17, 15) is 9.59 Å². The van der Waals surface area contributed by atoms with E-state index in [0.717, 1.165) is 38.8 Å². The molecular formula is C25H38N4O2. The van der Waals surface area contributed by atoms with Crippen molar-refractivity contribution in [3.8, 4) is 0 Å². The molecule has 3 amide bonds. The molecule has 0 aromatic heterocycles. The van der Waals surface area contributed by atoms with E-state index in [1.54, 1.807) is 6.08 Å². The zero-order chi connectivity index (χ0) is 22.1.